The van der Waals surface area contributed by atoms with Gasteiger partial charge in [0.2, 0.25) is 0 Å². The molecule has 2 N–H and O–H groups in total. The third-order valence-corrected chi connectivity index (χ3v) is 5.16. The van der Waals surface area contributed by atoms with Gasteiger partial charge in [0.1, 0.15) is 23.3 Å². The number of benzene rings is 2. The van der Waals surface area contributed by atoms with Crippen molar-refractivity contribution in [1.29, 1.82) is 0 Å². The van der Waals surface area contributed by atoms with Gasteiger partial charge in [-0.15, -0.1) is 12.4 Å². The Hall–Kier alpha value is -3.75. The molecule has 3 aromatic heterocycles. The molecule has 0 fully saturated rings. The second-order valence-electron chi connectivity index (χ2n) is 7.07. The smallest absolute Gasteiger partial charge is 0.351 e. The molecule has 7 nitrogen and oxygen atoms in total. The Bertz CT molecular complexity index is 1500. The second kappa shape index (κ2) is 8.78. The lowest BCUT2D eigenvalue weighted by atomic mass is 10.1. The first-order valence-corrected chi connectivity index (χ1v) is 9.70. The van der Waals surface area contributed by atoms with Gasteiger partial charge in [0.05, 0.1) is 18.6 Å². The Morgan fingerprint density at radius 2 is 1.84 bits per heavy atom. The minimum absolute atomic E-state index is 0. The molecule has 162 valence electrons. The molecule has 0 unspecified atom stereocenters. The fraction of sp³-hybridized carbons (Fsp3) is 0.0870. The average molecular weight is 452 g/mol. The lowest BCUT2D eigenvalue weighted by Crippen LogP contribution is -2.26. The Morgan fingerprint density at radius 3 is 2.66 bits per heavy atom. The summed E-state index contributed by atoms with van der Waals surface area (Å²) in [6, 6.07) is 19.1. The van der Waals surface area contributed by atoms with E-state index in [0.717, 1.165) is 32.2 Å². The summed E-state index contributed by atoms with van der Waals surface area (Å²) in [6.45, 7) is -0.0120. The van der Waals surface area contributed by atoms with E-state index in [2.05, 4.69) is 10.1 Å². The zero-order chi connectivity index (χ0) is 21.4. The third-order valence-electron chi connectivity index (χ3n) is 5.16. The predicted octanol–water partition coefficient (Wildman–Crippen LogP) is 4.23. The van der Waals surface area contributed by atoms with Crippen LogP contribution in [-0.2, 0) is 6.54 Å². The van der Waals surface area contributed by atoms with Gasteiger partial charge in [0.25, 0.3) is 0 Å². The number of furan rings is 1. The van der Waals surface area contributed by atoms with Crippen LogP contribution >= 0.6 is 12.4 Å². The van der Waals surface area contributed by atoms with Gasteiger partial charge >= 0.3 is 5.69 Å². The van der Waals surface area contributed by atoms with Crippen molar-refractivity contribution >= 4 is 34.3 Å². The highest BCUT2D eigenvalue weighted by Gasteiger charge is 2.14. The number of nitrogens with zero attached hydrogens (tertiary/aromatic N) is 4. The zero-order valence-corrected chi connectivity index (χ0v) is 17.6. The molecule has 3 heterocycles. The van der Waals surface area contributed by atoms with E-state index in [4.69, 9.17) is 10.2 Å². The number of aromatic nitrogens is 4. The Kier molecular flexibility index (Phi) is 5.89. The maximum Gasteiger partial charge on any atom is 0.351 e. The van der Waals surface area contributed by atoms with Crippen LogP contribution in [0.15, 0.2) is 88.1 Å². The summed E-state index contributed by atoms with van der Waals surface area (Å²) < 4.78 is 21.4. The minimum Gasteiger partial charge on any atom is -0.455 e. The lowest BCUT2D eigenvalue weighted by molar-refractivity contribution is 0.612. The molecule has 9 heteroatoms. The summed E-state index contributed by atoms with van der Waals surface area (Å²) in [5.74, 6) is 0.403. The van der Waals surface area contributed by atoms with Crippen LogP contribution in [0.25, 0.3) is 39.0 Å². The standard InChI is InChI=1S/C23H18FN5O2.ClH/c24-11-15(12-25)13-29-23(30)28(14-26-29)21-10-4-8-19(27-21)18-7-3-6-17-16-5-1-2-9-20(16)31-22(17)18;/h1-11,14H,12-13,25H2;1H/b15-11+;. The van der Waals surface area contributed by atoms with Crippen LogP contribution in [-0.4, -0.2) is 25.9 Å². The van der Waals surface area contributed by atoms with Crippen molar-refractivity contribution in [3.05, 3.63) is 89.4 Å². The molecule has 0 radical (unpaired) electrons. The van der Waals surface area contributed by atoms with Crippen molar-refractivity contribution in [3.8, 4) is 17.1 Å². The number of hydrogen-bond acceptors (Lipinski definition) is 5. The summed E-state index contributed by atoms with van der Waals surface area (Å²) >= 11 is 0. The zero-order valence-electron chi connectivity index (χ0n) is 16.8. The fourth-order valence-corrected chi connectivity index (χ4v) is 3.60. The Balaban J connectivity index is 0.00000245. The minimum atomic E-state index is -0.431. The molecular weight excluding hydrogens is 433 g/mol. The van der Waals surface area contributed by atoms with E-state index in [1.807, 2.05) is 54.6 Å². The van der Waals surface area contributed by atoms with Crippen molar-refractivity contribution < 1.29 is 8.81 Å². The number of nitrogens with two attached hydrogens (primary N) is 1. The van der Waals surface area contributed by atoms with Gasteiger partial charge in [-0.1, -0.05) is 36.4 Å². The van der Waals surface area contributed by atoms with Crippen LogP contribution in [0.3, 0.4) is 0 Å². The second-order valence-corrected chi connectivity index (χ2v) is 7.07. The van der Waals surface area contributed by atoms with E-state index < -0.39 is 5.69 Å². The predicted molar refractivity (Wildman–Crippen MR) is 124 cm³/mol. The van der Waals surface area contributed by atoms with E-state index in [9.17, 15) is 9.18 Å². The molecule has 32 heavy (non-hydrogen) atoms. The molecule has 0 aliphatic heterocycles. The number of para-hydroxylation sites is 2. The van der Waals surface area contributed by atoms with Crippen LogP contribution in [0.1, 0.15) is 0 Å². The molecule has 0 aliphatic carbocycles. The maximum absolute atomic E-state index is 12.8. The number of rotatable bonds is 5. The van der Waals surface area contributed by atoms with Crippen LogP contribution in [0.5, 0.6) is 0 Å². The van der Waals surface area contributed by atoms with Crippen molar-refractivity contribution in [1.82, 2.24) is 19.3 Å². The van der Waals surface area contributed by atoms with Crippen molar-refractivity contribution in [2.45, 2.75) is 6.54 Å². The quantitative estimate of drug-likeness (QED) is 0.431. The summed E-state index contributed by atoms with van der Waals surface area (Å²) in [5.41, 5.74) is 8.33. The maximum atomic E-state index is 12.8. The van der Waals surface area contributed by atoms with Gasteiger partial charge in [0, 0.05) is 22.9 Å². The SMILES string of the molecule is Cl.NC/C(=C\F)Cn1ncn(-c2cccc(-c3cccc4c3oc3ccccc34)n2)c1=O. The normalized spacial score (nSPS) is 11.8. The summed E-state index contributed by atoms with van der Waals surface area (Å²) in [4.78, 5) is 17.4. The van der Waals surface area contributed by atoms with Gasteiger partial charge < -0.3 is 10.2 Å². The number of hydrogen-bond donors (Lipinski definition) is 1. The third kappa shape index (κ3) is 3.59. The van der Waals surface area contributed by atoms with Gasteiger partial charge in [0.15, 0.2) is 0 Å². The average Bonchev–Trinajstić information content (AvgIpc) is 3.37. The number of pyridine rings is 1. The molecule has 5 rings (SSSR count). The topological polar surface area (TPSA) is 91.9 Å². The van der Waals surface area contributed by atoms with Crippen LogP contribution in [0, 0.1) is 0 Å². The van der Waals surface area contributed by atoms with E-state index in [-0.39, 0.29) is 31.1 Å². The fourth-order valence-electron chi connectivity index (χ4n) is 3.60. The van der Waals surface area contributed by atoms with Crippen LogP contribution in [0.2, 0.25) is 0 Å². The summed E-state index contributed by atoms with van der Waals surface area (Å²) in [6.07, 6.45) is 1.76. The summed E-state index contributed by atoms with van der Waals surface area (Å²) in [7, 11) is 0. The molecule has 0 bridgehead atoms. The highest BCUT2D eigenvalue weighted by molar-refractivity contribution is 6.09. The first kappa shape index (κ1) is 21.5. The van der Waals surface area contributed by atoms with Gasteiger partial charge in [-0.05, 0) is 29.8 Å². The van der Waals surface area contributed by atoms with Crippen molar-refractivity contribution in [2.24, 2.45) is 5.73 Å². The van der Waals surface area contributed by atoms with E-state index in [1.165, 1.54) is 10.9 Å². The largest absolute Gasteiger partial charge is 0.455 e. The molecule has 0 saturated carbocycles. The molecule has 0 spiro atoms. The van der Waals surface area contributed by atoms with Crippen LogP contribution < -0.4 is 11.4 Å². The lowest BCUT2D eigenvalue weighted by Gasteiger charge is -2.05. The Labute approximate surface area is 188 Å². The molecule has 2 aromatic carbocycles. The van der Waals surface area contributed by atoms with E-state index in [1.54, 1.807) is 6.07 Å². The van der Waals surface area contributed by atoms with Crippen molar-refractivity contribution in [3.63, 3.8) is 0 Å². The van der Waals surface area contributed by atoms with Crippen LogP contribution in [0.4, 0.5) is 4.39 Å². The van der Waals surface area contributed by atoms with Crippen molar-refractivity contribution in [2.75, 3.05) is 6.54 Å². The molecule has 5 aromatic rings. The number of fused-ring (bicyclic) bond motifs is 3. The van der Waals surface area contributed by atoms with Gasteiger partial charge in [-0.3, -0.25) is 0 Å². The monoisotopic (exact) mass is 451 g/mol. The molecule has 0 aliphatic rings. The van der Waals surface area contributed by atoms with E-state index >= 15 is 0 Å². The highest BCUT2D eigenvalue weighted by Crippen LogP contribution is 2.35. The first-order valence-electron chi connectivity index (χ1n) is 9.70. The van der Waals surface area contributed by atoms with E-state index in [0.29, 0.717) is 17.8 Å². The van der Waals surface area contributed by atoms with Gasteiger partial charge in [-0.25, -0.2) is 23.4 Å². The molecule has 0 amide bonds. The first-order chi connectivity index (χ1) is 15.2. The van der Waals surface area contributed by atoms with Gasteiger partial charge in [-0.2, -0.15) is 5.10 Å². The number of halogens is 2. The molecular formula is C23H19ClFN5O2. The molecule has 0 atom stereocenters. The highest BCUT2D eigenvalue weighted by atomic mass is 35.5. The summed E-state index contributed by atoms with van der Waals surface area (Å²) in [5, 5.41) is 6.08. The molecule has 0 saturated heterocycles. The Morgan fingerprint density at radius 1 is 1.06 bits per heavy atom.